The molecule has 0 fully saturated rings. The molecule has 0 saturated heterocycles. The molecule has 31 heavy (non-hydrogen) atoms. The van der Waals surface area contributed by atoms with Gasteiger partial charge in [0.1, 0.15) is 23.2 Å². The first-order valence-corrected chi connectivity index (χ1v) is 9.66. The number of benzene rings is 3. The third-order valence-electron chi connectivity index (χ3n) is 5.64. The molecule has 1 spiro atoms. The van der Waals surface area contributed by atoms with Crippen molar-refractivity contribution in [3.05, 3.63) is 95.3 Å². The molecule has 7 heteroatoms. The summed E-state index contributed by atoms with van der Waals surface area (Å²) in [6.07, 6.45) is 0. The number of hydrogen-bond donors (Lipinski definition) is 1. The number of carbonyl (C=O) groups is 2. The molecule has 0 saturated carbocycles. The van der Waals surface area contributed by atoms with Gasteiger partial charge in [0.05, 0.1) is 7.11 Å². The number of Topliss-reactive ketones (excluding diaryl/α,β-unsaturated/α-hetero) is 1. The first-order chi connectivity index (χ1) is 15.0. The van der Waals surface area contributed by atoms with Gasteiger partial charge in [-0.3, -0.25) is 9.59 Å². The average Bonchev–Trinajstić information content (AvgIpc) is 3.33. The highest BCUT2D eigenvalue weighted by Crippen LogP contribution is 2.49. The van der Waals surface area contributed by atoms with Gasteiger partial charge in [0.2, 0.25) is 0 Å². The number of nitrogens with one attached hydrogen (secondary N) is 1. The lowest BCUT2D eigenvalue weighted by atomic mass is 9.74. The molecular formula is C24H17FN2O4. The van der Waals surface area contributed by atoms with Crippen LogP contribution < -0.4 is 10.1 Å². The second kappa shape index (κ2) is 7.05. The fourth-order valence-corrected chi connectivity index (χ4v) is 4.14. The maximum absolute atomic E-state index is 13.8. The van der Waals surface area contributed by atoms with Crippen LogP contribution in [0.4, 0.5) is 10.1 Å². The lowest BCUT2D eigenvalue weighted by Crippen LogP contribution is -2.46. The Hall–Kier alpha value is -4.00. The number of para-hydroxylation sites is 1. The van der Waals surface area contributed by atoms with Crippen LogP contribution in [0.25, 0.3) is 0 Å². The number of oxime groups is 1. The van der Waals surface area contributed by atoms with Crippen molar-refractivity contribution in [2.75, 3.05) is 12.4 Å². The van der Waals surface area contributed by atoms with Crippen LogP contribution in [0.15, 0.2) is 78.0 Å². The Morgan fingerprint density at radius 1 is 1.10 bits per heavy atom. The van der Waals surface area contributed by atoms with E-state index in [0.29, 0.717) is 28.1 Å². The summed E-state index contributed by atoms with van der Waals surface area (Å²) >= 11 is 0. The summed E-state index contributed by atoms with van der Waals surface area (Å²) in [6.45, 7) is 0. The number of anilines is 1. The lowest BCUT2D eigenvalue weighted by Gasteiger charge is -2.26. The lowest BCUT2D eigenvalue weighted by molar-refractivity contribution is -0.140. The SMILES string of the molecule is COc1cccc(C(=O)[C@H]2C(c3ccc(F)cc3)=NO[C@]23C(=O)Nc2ccccc23)c1. The summed E-state index contributed by atoms with van der Waals surface area (Å²) in [5.41, 5.74) is 0.548. The number of fused-ring (bicyclic) bond motifs is 2. The van der Waals surface area contributed by atoms with Gasteiger partial charge >= 0.3 is 0 Å². The highest BCUT2D eigenvalue weighted by atomic mass is 19.1. The zero-order valence-corrected chi connectivity index (χ0v) is 16.5. The van der Waals surface area contributed by atoms with Crippen LogP contribution in [0.2, 0.25) is 0 Å². The van der Waals surface area contributed by atoms with Crippen LogP contribution in [0.3, 0.4) is 0 Å². The third kappa shape index (κ3) is 2.81. The van der Waals surface area contributed by atoms with Crippen molar-refractivity contribution >= 4 is 23.1 Å². The van der Waals surface area contributed by atoms with Crippen LogP contribution in [0.5, 0.6) is 5.75 Å². The highest BCUT2D eigenvalue weighted by Gasteiger charge is 2.63. The number of rotatable bonds is 4. The van der Waals surface area contributed by atoms with E-state index < -0.39 is 23.2 Å². The fraction of sp³-hybridized carbons (Fsp3) is 0.125. The molecule has 154 valence electrons. The molecule has 1 N–H and O–H groups in total. The van der Waals surface area contributed by atoms with E-state index >= 15 is 0 Å². The summed E-state index contributed by atoms with van der Waals surface area (Å²) in [4.78, 5) is 32.8. The normalized spacial score (nSPS) is 21.3. The minimum absolute atomic E-state index is 0.264. The molecule has 2 atom stereocenters. The van der Waals surface area contributed by atoms with Gasteiger partial charge in [-0.15, -0.1) is 0 Å². The Labute approximate surface area is 177 Å². The van der Waals surface area contributed by atoms with E-state index in [-0.39, 0.29) is 11.5 Å². The number of hydrogen-bond acceptors (Lipinski definition) is 5. The van der Waals surface area contributed by atoms with Gasteiger partial charge in [-0.05, 0) is 30.3 Å². The van der Waals surface area contributed by atoms with Crippen LogP contribution in [0, 0.1) is 11.7 Å². The van der Waals surface area contributed by atoms with E-state index in [1.54, 1.807) is 48.5 Å². The Morgan fingerprint density at radius 2 is 1.87 bits per heavy atom. The molecular weight excluding hydrogens is 399 g/mol. The van der Waals surface area contributed by atoms with E-state index in [1.807, 2.05) is 0 Å². The molecule has 5 rings (SSSR count). The quantitative estimate of drug-likeness (QED) is 0.654. The highest BCUT2D eigenvalue weighted by molar-refractivity contribution is 6.24. The maximum Gasteiger partial charge on any atom is 0.277 e. The molecule has 2 aliphatic rings. The van der Waals surface area contributed by atoms with Gasteiger partial charge < -0.3 is 14.9 Å². The van der Waals surface area contributed by atoms with Gasteiger partial charge in [0, 0.05) is 22.4 Å². The van der Waals surface area contributed by atoms with E-state index in [4.69, 9.17) is 9.57 Å². The zero-order valence-electron chi connectivity index (χ0n) is 16.5. The average molecular weight is 416 g/mol. The van der Waals surface area contributed by atoms with Gasteiger partial charge in [-0.2, -0.15) is 0 Å². The molecule has 3 aromatic carbocycles. The summed E-state index contributed by atoms with van der Waals surface area (Å²) < 4.78 is 18.8. The Kier molecular flexibility index (Phi) is 4.32. The van der Waals surface area contributed by atoms with Crippen molar-refractivity contribution in [1.29, 1.82) is 0 Å². The number of ether oxygens (including phenoxy) is 1. The standard InChI is InChI=1S/C24H17FN2O4/c1-30-17-6-4-5-15(13-17)22(28)20-21(14-9-11-16(25)12-10-14)27-31-24(20)18-7-2-3-8-19(18)26-23(24)29/h2-13,20H,1H3,(H,26,29)/t20-,24+/m1/s1. The first kappa shape index (κ1) is 19.0. The Morgan fingerprint density at radius 3 is 2.65 bits per heavy atom. The van der Waals surface area contributed by atoms with Crippen molar-refractivity contribution in [2.24, 2.45) is 11.1 Å². The number of methoxy groups -OCH3 is 1. The van der Waals surface area contributed by atoms with Gasteiger partial charge in [0.25, 0.3) is 11.5 Å². The zero-order chi connectivity index (χ0) is 21.6. The van der Waals surface area contributed by atoms with E-state index in [9.17, 15) is 14.0 Å². The first-order valence-electron chi connectivity index (χ1n) is 9.66. The largest absolute Gasteiger partial charge is 0.497 e. The molecule has 1 amide bonds. The van der Waals surface area contributed by atoms with Crippen LogP contribution in [-0.2, 0) is 15.2 Å². The number of carbonyl (C=O) groups excluding carboxylic acids is 2. The minimum atomic E-state index is -1.65. The van der Waals surface area contributed by atoms with E-state index in [1.165, 1.54) is 31.4 Å². The van der Waals surface area contributed by atoms with Crippen molar-refractivity contribution < 1.29 is 23.6 Å². The molecule has 2 heterocycles. The van der Waals surface area contributed by atoms with E-state index in [2.05, 4.69) is 10.5 Å². The summed E-state index contributed by atoms with van der Waals surface area (Å²) in [5, 5.41) is 6.97. The second-order valence-electron chi connectivity index (χ2n) is 7.34. The third-order valence-corrected chi connectivity index (χ3v) is 5.64. The van der Waals surface area contributed by atoms with Gasteiger partial charge in [-0.1, -0.05) is 47.6 Å². The Bertz CT molecular complexity index is 1240. The predicted octanol–water partition coefficient (Wildman–Crippen LogP) is 3.92. The number of halogens is 1. The molecule has 0 aliphatic carbocycles. The van der Waals surface area contributed by atoms with Crippen LogP contribution in [0.1, 0.15) is 21.5 Å². The molecule has 0 aromatic heterocycles. The smallest absolute Gasteiger partial charge is 0.277 e. The monoisotopic (exact) mass is 416 g/mol. The molecule has 2 aliphatic heterocycles. The maximum atomic E-state index is 13.8. The number of nitrogens with zero attached hydrogens (tertiary/aromatic N) is 1. The van der Waals surface area contributed by atoms with Crippen molar-refractivity contribution in [3.8, 4) is 5.75 Å². The predicted molar refractivity (Wildman–Crippen MR) is 112 cm³/mol. The van der Waals surface area contributed by atoms with Crippen molar-refractivity contribution in [1.82, 2.24) is 0 Å². The van der Waals surface area contributed by atoms with Crippen molar-refractivity contribution in [3.63, 3.8) is 0 Å². The van der Waals surface area contributed by atoms with Gasteiger partial charge in [0.15, 0.2) is 5.78 Å². The van der Waals surface area contributed by atoms with Gasteiger partial charge in [-0.25, -0.2) is 4.39 Å². The minimum Gasteiger partial charge on any atom is -0.497 e. The molecule has 0 unspecified atom stereocenters. The topological polar surface area (TPSA) is 77.0 Å². The number of ketones is 1. The van der Waals surface area contributed by atoms with Crippen molar-refractivity contribution in [2.45, 2.75) is 5.60 Å². The second-order valence-corrected chi connectivity index (χ2v) is 7.34. The van der Waals surface area contributed by atoms with Crippen LogP contribution >= 0.6 is 0 Å². The molecule has 0 radical (unpaired) electrons. The fourth-order valence-electron chi connectivity index (χ4n) is 4.14. The summed E-state index contributed by atoms with van der Waals surface area (Å²) in [5.74, 6) is -1.82. The molecule has 0 bridgehead atoms. The van der Waals surface area contributed by atoms with E-state index in [0.717, 1.165) is 0 Å². The molecule has 6 nitrogen and oxygen atoms in total. The summed E-state index contributed by atoms with van der Waals surface area (Å²) in [7, 11) is 1.51. The Balaban J connectivity index is 1.69. The summed E-state index contributed by atoms with van der Waals surface area (Å²) in [6, 6.07) is 19.3. The molecule has 3 aromatic rings. The number of amides is 1. The van der Waals surface area contributed by atoms with Crippen LogP contribution in [-0.4, -0.2) is 24.5 Å².